The van der Waals surface area contributed by atoms with Gasteiger partial charge in [0, 0.05) is 9.86 Å². The third-order valence-electron chi connectivity index (χ3n) is 2.37. The molecule has 0 bridgehead atoms. The normalized spacial score (nSPS) is 10.8. The predicted octanol–water partition coefficient (Wildman–Crippen LogP) is 3.91. The Morgan fingerprint density at radius 1 is 1.50 bits per heavy atom. The van der Waals surface area contributed by atoms with Crippen LogP contribution in [0, 0.1) is 12.7 Å². The number of fused-ring (bicyclic) bond motifs is 1. The van der Waals surface area contributed by atoms with Crippen LogP contribution in [-0.4, -0.2) is 11.3 Å². The van der Waals surface area contributed by atoms with Crippen LogP contribution in [0.3, 0.4) is 0 Å². The van der Waals surface area contributed by atoms with Gasteiger partial charge in [0.1, 0.15) is 10.7 Å². The van der Waals surface area contributed by atoms with E-state index in [1.807, 2.05) is 6.92 Å². The number of aromatic nitrogens is 1. The third kappa shape index (κ3) is 1.72. The number of hydrogen-bond acceptors (Lipinski definition) is 2. The molecule has 0 aliphatic carbocycles. The number of hydrogen-bond donors (Lipinski definition) is 0. The summed E-state index contributed by atoms with van der Waals surface area (Å²) in [6, 6.07) is 2.88. The number of nitrogens with zero attached hydrogens (tertiary/aromatic N) is 1. The van der Waals surface area contributed by atoms with Gasteiger partial charge in [0.05, 0.1) is 5.56 Å². The molecule has 2 rings (SSSR count). The van der Waals surface area contributed by atoms with Gasteiger partial charge < -0.3 is 0 Å². The first kappa shape index (κ1) is 11.5. The maximum Gasteiger partial charge on any atom is 0.153 e. The molecule has 0 aliphatic heterocycles. The highest BCUT2D eigenvalue weighted by molar-refractivity contribution is 9.10. The summed E-state index contributed by atoms with van der Waals surface area (Å²) in [5, 5.41) is 0.599. The van der Waals surface area contributed by atoms with E-state index in [1.165, 1.54) is 6.07 Å². The Hall–Kier alpha value is -1.00. The zero-order valence-electron chi connectivity index (χ0n) is 8.22. The fraction of sp³-hybridized carbons (Fsp3) is 0.0909. The summed E-state index contributed by atoms with van der Waals surface area (Å²) in [6.45, 7) is 1.82. The molecule has 0 saturated carbocycles. The van der Waals surface area contributed by atoms with Crippen molar-refractivity contribution >= 4 is 44.7 Å². The van der Waals surface area contributed by atoms with Gasteiger partial charge in [0.25, 0.3) is 0 Å². The van der Waals surface area contributed by atoms with E-state index < -0.39 is 5.82 Å². The predicted molar refractivity (Wildman–Crippen MR) is 64.5 cm³/mol. The molecule has 16 heavy (non-hydrogen) atoms. The van der Waals surface area contributed by atoms with Gasteiger partial charge in [-0.3, -0.25) is 4.79 Å². The zero-order valence-corrected chi connectivity index (χ0v) is 10.6. The average Bonchev–Trinajstić information content (AvgIpc) is 2.25. The fourth-order valence-electron chi connectivity index (χ4n) is 1.47. The highest BCUT2D eigenvalue weighted by Crippen LogP contribution is 2.29. The van der Waals surface area contributed by atoms with E-state index in [0.29, 0.717) is 16.1 Å². The number of benzene rings is 1. The standard InChI is InChI=1S/C11H6BrClFNO/c1-5-7-2-6(4-16)11(13)15-10(7)9(14)3-8(5)12/h2-4H,1H3. The minimum Gasteiger partial charge on any atom is -0.298 e. The summed E-state index contributed by atoms with van der Waals surface area (Å²) in [7, 11) is 0. The topological polar surface area (TPSA) is 30.0 Å². The second-order valence-electron chi connectivity index (χ2n) is 3.35. The molecule has 0 spiro atoms. The molecular formula is C11H6BrClFNO. The number of pyridine rings is 1. The molecule has 0 fully saturated rings. The Balaban J connectivity index is 2.96. The zero-order chi connectivity index (χ0) is 11.9. The lowest BCUT2D eigenvalue weighted by molar-refractivity contribution is 0.112. The Bertz CT molecular complexity index is 600. The van der Waals surface area contributed by atoms with Crippen molar-refractivity contribution in [1.29, 1.82) is 0 Å². The van der Waals surface area contributed by atoms with Crippen LogP contribution >= 0.6 is 27.5 Å². The lowest BCUT2D eigenvalue weighted by Gasteiger charge is -2.07. The SMILES string of the molecule is Cc1c(Br)cc(F)c2nc(Cl)c(C=O)cc12. The van der Waals surface area contributed by atoms with Crippen LogP contribution in [0.2, 0.25) is 5.15 Å². The number of carbonyl (C=O) groups is 1. The van der Waals surface area contributed by atoms with E-state index in [2.05, 4.69) is 20.9 Å². The quantitative estimate of drug-likeness (QED) is 0.590. The van der Waals surface area contributed by atoms with Gasteiger partial charge in [-0.1, -0.05) is 27.5 Å². The van der Waals surface area contributed by atoms with Gasteiger partial charge in [0.15, 0.2) is 12.1 Å². The smallest absolute Gasteiger partial charge is 0.153 e. The highest BCUT2D eigenvalue weighted by atomic mass is 79.9. The third-order valence-corrected chi connectivity index (χ3v) is 3.50. The number of halogens is 3. The van der Waals surface area contributed by atoms with Crippen molar-refractivity contribution in [3.05, 3.63) is 38.7 Å². The number of rotatable bonds is 1. The lowest BCUT2D eigenvalue weighted by Crippen LogP contribution is -1.93. The maximum absolute atomic E-state index is 13.6. The molecular weight excluding hydrogens is 296 g/mol. The summed E-state index contributed by atoms with van der Waals surface area (Å²) in [5.41, 5.74) is 1.26. The Kier molecular flexibility index (Phi) is 2.95. The Labute approximate surface area is 105 Å². The van der Waals surface area contributed by atoms with Crippen LogP contribution in [0.1, 0.15) is 15.9 Å². The van der Waals surface area contributed by atoms with Crippen LogP contribution < -0.4 is 0 Å². The molecule has 2 aromatic rings. The maximum atomic E-state index is 13.6. The van der Waals surface area contributed by atoms with E-state index in [-0.39, 0.29) is 16.2 Å². The van der Waals surface area contributed by atoms with Crippen LogP contribution in [0.15, 0.2) is 16.6 Å². The lowest BCUT2D eigenvalue weighted by atomic mass is 10.1. The molecule has 1 aromatic heterocycles. The van der Waals surface area contributed by atoms with Crippen LogP contribution in [0.4, 0.5) is 4.39 Å². The molecule has 0 radical (unpaired) electrons. The van der Waals surface area contributed by atoms with Gasteiger partial charge in [-0.25, -0.2) is 9.37 Å². The number of aldehydes is 1. The van der Waals surface area contributed by atoms with Crippen molar-refractivity contribution in [1.82, 2.24) is 4.98 Å². The van der Waals surface area contributed by atoms with E-state index in [9.17, 15) is 9.18 Å². The van der Waals surface area contributed by atoms with Crippen LogP contribution in [0.5, 0.6) is 0 Å². The van der Waals surface area contributed by atoms with Crippen molar-refractivity contribution in [3.63, 3.8) is 0 Å². The van der Waals surface area contributed by atoms with Crippen molar-refractivity contribution in [2.24, 2.45) is 0 Å². The Morgan fingerprint density at radius 2 is 2.19 bits per heavy atom. The fourth-order valence-corrected chi connectivity index (χ4v) is 2.07. The number of aryl methyl sites for hydroxylation is 1. The summed E-state index contributed by atoms with van der Waals surface area (Å²) in [4.78, 5) is 14.6. The first-order valence-corrected chi connectivity index (χ1v) is 5.61. The molecule has 0 atom stereocenters. The monoisotopic (exact) mass is 301 g/mol. The molecule has 82 valence electrons. The second kappa shape index (κ2) is 4.11. The van der Waals surface area contributed by atoms with Crippen molar-refractivity contribution in [2.75, 3.05) is 0 Å². The molecule has 0 unspecified atom stereocenters. The molecule has 2 nitrogen and oxygen atoms in total. The molecule has 5 heteroatoms. The van der Waals surface area contributed by atoms with Gasteiger partial charge in [0.2, 0.25) is 0 Å². The van der Waals surface area contributed by atoms with Gasteiger partial charge in [-0.05, 0) is 24.6 Å². The molecule has 0 N–H and O–H groups in total. The van der Waals surface area contributed by atoms with Gasteiger partial charge >= 0.3 is 0 Å². The molecule has 0 saturated heterocycles. The Morgan fingerprint density at radius 3 is 2.81 bits per heavy atom. The molecule has 1 heterocycles. The minimum absolute atomic E-state index is 0.0168. The molecule has 1 aromatic carbocycles. The summed E-state index contributed by atoms with van der Waals surface area (Å²) < 4.78 is 14.2. The van der Waals surface area contributed by atoms with E-state index in [4.69, 9.17) is 11.6 Å². The summed E-state index contributed by atoms with van der Waals surface area (Å²) in [5.74, 6) is -0.466. The van der Waals surface area contributed by atoms with Crippen LogP contribution in [-0.2, 0) is 0 Å². The molecule has 0 aliphatic rings. The molecule has 0 amide bonds. The van der Waals surface area contributed by atoms with Crippen LogP contribution in [0.25, 0.3) is 10.9 Å². The summed E-state index contributed by atoms with van der Waals surface area (Å²) in [6.07, 6.45) is 0.604. The van der Waals surface area contributed by atoms with Crippen molar-refractivity contribution in [3.8, 4) is 0 Å². The first-order valence-electron chi connectivity index (χ1n) is 4.44. The first-order chi connectivity index (χ1) is 7.54. The highest BCUT2D eigenvalue weighted by Gasteiger charge is 2.12. The average molecular weight is 303 g/mol. The van der Waals surface area contributed by atoms with Crippen molar-refractivity contribution < 1.29 is 9.18 Å². The van der Waals surface area contributed by atoms with E-state index >= 15 is 0 Å². The largest absolute Gasteiger partial charge is 0.298 e. The second-order valence-corrected chi connectivity index (χ2v) is 4.56. The van der Waals surface area contributed by atoms with E-state index in [0.717, 1.165) is 5.56 Å². The van der Waals surface area contributed by atoms with Gasteiger partial charge in [-0.15, -0.1) is 0 Å². The summed E-state index contributed by atoms with van der Waals surface area (Å²) >= 11 is 8.99. The van der Waals surface area contributed by atoms with E-state index in [1.54, 1.807) is 6.07 Å². The minimum atomic E-state index is -0.466. The van der Waals surface area contributed by atoms with Gasteiger partial charge in [-0.2, -0.15) is 0 Å². The number of carbonyl (C=O) groups excluding carboxylic acids is 1. The van der Waals surface area contributed by atoms with Crippen molar-refractivity contribution in [2.45, 2.75) is 6.92 Å².